The lowest BCUT2D eigenvalue weighted by molar-refractivity contribution is 0.315. The summed E-state index contributed by atoms with van der Waals surface area (Å²) in [4.78, 5) is 0. The number of phenols is 1. The lowest BCUT2D eigenvalue weighted by atomic mass is 9.74. The molecule has 2 heterocycles. The van der Waals surface area contributed by atoms with Crippen molar-refractivity contribution in [1.82, 2.24) is 5.32 Å². The zero-order valence-electron chi connectivity index (χ0n) is 14.2. The molecule has 1 saturated heterocycles. The molecule has 0 saturated carbocycles. The lowest BCUT2D eigenvalue weighted by Crippen LogP contribution is -2.32. The van der Waals surface area contributed by atoms with Gasteiger partial charge < -0.3 is 15.2 Å². The first-order valence-electron chi connectivity index (χ1n) is 9.11. The molecular weight excluding hydrogens is 298 g/mol. The van der Waals surface area contributed by atoms with Crippen LogP contribution in [0.25, 0.3) is 0 Å². The van der Waals surface area contributed by atoms with Crippen molar-refractivity contribution in [3.63, 3.8) is 0 Å². The summed E-state index contributed by atoms with van der Waals surface area (Å²) in [7, 11) is 0. The summed E-state index contributed by atoms with van der Waals surface area (Å²) in [5, 5.41) is 13.8. The highest BCUT2D eigenvalue weighted by Gasteiger charge is 2.35. The van der Waals surface area contributed by atoms with Gasteiger partial charge in [0, 0.05) is 17.0 Å². The van der Waals surface area contributed by atoms with E-state index in [9.17, 15) is 5.11 Å². The molecule has 0 aromatic heterocycles. The van der Waals surface area contributed by atoms with Crippen molar-refractivity contribution in [3.8, 4) is 17.2 Å². The summed E-state index contributed by atoms with van der Waals surface area (Å²) in [6, 6.07) is 12.4. The minimum Gasteiger partial charge on any atom is -0.504 e. The van der Waals surface area contributed by atoms with Gasteiger partial charge >= 0.3 is 0 Å². The van der Waals surface area contributed by atoms with Crippen molar-refractivity contribution < 1.29 is 9.84 Å². The molecule has 2 aliphatic rings. The van der Waals surface area contributed by atoms with E-state index in [1.165, 1.54) is 11.1 Å². The Labute approximate surface area is 143 Å². The number of para-hydroxylation sites is 1. The Balaban J connectivity index is 1.81. The van der Waals surface area contributed by atoms with Gasteiger partial charge in [-0.1, -0.05) is 37.6 Å². The predicted octanol–water partition coefficient (Wildman–Crippen LogP) is 4.58. The van der Waals surface area contributed by atoms with Crippen LogP contribution in [0.4, 0.5) is 0 Å². The number of nitrogens with one attached hydrogen (secondary N) is 1. The Morgan fingerprint density at radius 3 is 2.75 bits per heavy atom. The second-order valence-corrected chi connectivity index (χ2v) is 6.98. The molecular formula is C21H25NO2. The number of aromatic hydroxyl groups is 1. The molecule has 0 aliphatic carbocycles. The summed E-state index contributed by atoms with van der Waals surface area (Å²) >= 11 is 0. The quantitative estimate of drug-likeness (QED) is 0.868. The Bertz CT molecular complexity index is 735. The minimum absolute atomic E-state index is 0.248. The topological polar surface area (TPSA) is 41.5 Å². The first kappa shape index (κ1) is 15.5. The molecule has 0 amide bonds. The standard InChI is InChI=1S/C21H25NO2/c1-2-4-14-7-8-16-19(13-14)24-21-17(5-3-6-18(21)23)20(16)15-9-11-22-12-10-15/h3,5-8,13,15,20,22-23H,2,4,9-12H2,1H3. The number of piperidine rings is 1. The molecule has 126 valence electrons. The van der Waals surface area contributed by atoms with Crippen molar-refractivity contribution in [3.05, 3.63) is 53.1 Å². The molecule has 0 radical (unpaired) electrons. The number of hydrogen-bond acceptors (Lipinski definition) is 3. The molecule has 2 aromatic rings. The van der Waals surface area contributed by atoms with Crippen LogP contribution in [0.2, 0.25) is 0 Å². The van der Waals surface area contributed by atoms with Gasteiger partial charge in [-0.3, -0.25) is 0 Å². The fourth-order valence-electron chi connectivity index (χ4n) is 4.23. The zero-order valence-corrected chi connectivity index (χ0v) is 14.2. The SMILES string of the molecule is CCCc1ccc2c(c1)Oc1c(O)cccc1C2C1CCNCC1. The van der Waals surface area contributed by atoms with Crippen molar-refractivity contribution in [2.45, 2.75) is 38.5 Å². The van der Waals surface area contributed by atoms with E-state index in [4.69, 9.17) is 4.74 Å². The zero-order chi connectivity index (χ0) is 16.5. The van der Waals surface area contributed by atoms with E-state index in [-0.39, 0.29) is 5.75 Å². The maximum Gasteiger partial charge on any atom is 0.172 e. The van der Waals surface area contributed by atoms with Crippen LogP contribution in [0, 0.1) is 5.92 Å². The maximum absolute atomic E-state index is 10.3. The van der Waals surface area contributed by atoms with Crippen LogP contribution in [0.1, 0.15) is 48.8 Å². The minimum atomic E-state index is 0.248. The average Bonchev–Trinajstić information content (AvgIpc) is 2.61. The van der Waals surface area contributed by atoms with Crippen molar-refractivity contribution in [2.75, 3.05) is 13.1 Å². The van der Waals surface area contributed by atoms with Gasteiger partial charge in [0.25, 0.3) is 0 Å². The molecule has 2 aliphatic heterocycles. The number of aryl methyl sites for hydroxylation is 1. The van der Waals surface area contributed by atoms with Crippen LogP contribution in [-0.4, -0.2) is 18.2 Å². The maximum atomic E-state index is 10.3. The first-order valence-corrected chi connectivity index (χ1v) is 9.11. The van der Waals surface area contributed by atoms with Crippen LogP contribution in [0.15, 0.2) is 36.4 Å². The largest absolute Gasteiger partial charge is 0.504 e. The summed E-state index contributed by atoms with van der Waals surface area (Å²) in [6.45, 7) is 4.33. The van der Waals surface area contributed by atoms with Gasteiger partial charge in [0.15, 0.2) is 11.5 Å². The van der Waals surface area contributed by atoms with Crippen LogP contribution in [-0.2, 0) is 6.42 Å². The highest BCUT2D eigenvalue weighted by Crippen LogP contribution is 2.52. The molecule has 1 atom stereocenters. The van der Waals surface area contributed by atoms with E-state index < -0.39 is 0 Å². The summed E-state index contributed by atoms with van der Waals surface area (Å²) < 4.78 is 6.15. The van der Waals surface area contributed by atoms with Gasteiger partial charge in [-0.25, -0.2) is 0 Å². The normalized spacial score (nSPS) is 20.1. The van der Waals surface area contributed by atoms with E-state index in [1.807, 2.05) is 6.07 Å². The van der Waals surface area contributed by atoms with Crippen LogP contribution < -0.4 is 10.1 Å². The predicted molar refractivity (Wildman–Crippen MR) is 96.1 cm³/mol. The van der Waals surface area contributed by atoms with Crippen LogP contribution >= 0.6 is 0 Å². The summed E-state index contributed by atoms with van der Waals surface area (Å²) in [5.74, 6) is 2.73. The van der Waals surface area contributed by atoms with Gasteiger partial charge in [-0.15, -0.1) is 0 Å². The lowest BCUT2D eigenvalue weighted by Gasteiger charge is -2.36. The number of ether oxygens (including phenoxy) is 1. The van der Waals surface area contributed by atoms with Gasteiger partial charge in [-0.05, 0) is 56.0 Å². The van der Waals surface area contributed by atoms with E-state index in [0.29, 0.717) is 17.6 Å². The fraction of sp³-hybridized carbons (Fsp3) is 0.429. The van der Waals surface area contributed by atoms with Crippen molar-refractivity contribution in [1.29, 1.82) is 0 Å². The highest BCUT2D eigenvalue weighted by atomic mass is 16.5. The molecule has 4 rings (SSSR count). The van der Waals surface area contributed by atoms with Crippen molar-refractivity contribution in [2.24, 2.45) is 5.92 Å². The van der Waals surface area contributed by atoms with E-state index in [2.05, 4.69) is 36.5 Å². The Morgan fingerprint density at radius 2 is 1.96 bits per heavy atom. The Kier molecular flexibility index (Phi) is 4.19. The van der Waals surface area contributed by atoms with Gasteiger partial charge in [0.1, 0.15) is 5.75 Å². The second-order valence-electron chi connectivity index (χ2n) is 6.98. The third-order valence-electron chi connectivity index (χ3n) is 5.38. The third kappa shape index (κ3) is 2.67. The molecule has 1 unspecified atom stereocenters. The number of phenolic OH excluding ortho intramolecular Hbond substituents is 1. The van der Waals surface area contributed by atoms with Crippen LogP contribution in [0.5, 0.6) is 17.2 Å². The third-order valence-corrected chi connectivity index (χ3v) is 5.38. The summed E-state index contributed by atoms with van der Waals surface area (Å²) in [5.41, 5.74) is 3.72. The first-order chi connectivity index (χ1) is 11.8. The fourth-order valence-corrected chi connectivity index (χ4v) is 4.23. The van der Waals surface area contributed by atoms with Crippen molar-refractivity contribution >= 4 is 0 Å². The van der Waals surface area contributed by atoms with Gasteiger partial charge in [-0.2, -0.15) is 0 Å². The van der Waals surface area contributed by atoms with Crippen LogP contribution in [0.3, 0.4) is 0 Å². The Hall–Kier alpha value is -2.00. The van der Waals surface area contributed by atoms with E-state index >= 15 is 0 Å². The number of fused-ring (bicyclic) bond motifs is 2. The molecule has 0 spiro atoms. The number of rotatable bonds is 3. The molecule has 3 nitrogen and oxygen atoms in total. The Morgan fingerprint density at radius 1 is 1.12 bits per heavy atom. The molecule has 1 fully saturated rings. The molecule has 0 bridgehead atoms. The average molecular weight is 323 g/mol. The van der Waals surface area contributed by atoms with E-state index in [1.54, 1.807) is 6.07 Å². The molecule has 24 heavy (non-hydrogen) atoms. The number of hydrogen-bond donors (Lipinski definition) is 2. The monoisotopic (exact) mass is 323 g/mol. The smallest absolute Gasteiger partial charge is 0.172 e. The van der Waals surface area contributed by atoms with E-state index in [0.717, 1.165) is 50.1 Å². The molecule has 2 N–H and O–H groups in total. The number of benzene rings is 2. The molecule has 3 heteroatoms. The summed E-state index contributed by atoms with van der Waals surface area (Å²) in [6.07, 6.45) is 4.51. The van der Waals surface area contributed by atoms with Gasteiger partial charge in [0.05, 0.1) is 0 Å². The second kappa shape index (κ2) is 6.48. The molecule has 2 aromatic carbocycles. The van der Waals surface area contributed by atoms with Gasteiger partial charge in [0.2, 0.25) is 0 Å². The highest BCUT2D eigenvalue weighted by molar-refractivity contribution is 5.59.